The van der Waals surface area contributed by atoms with Crippen LogP contribution < -0.4 is 9.47 Å². The molecule has 25 heavy (non-hydrogen) atoms. The van der Waals surface area contributed by atoms with Gasteiger partial charge in [-0.2, -0.15) is 0 Å². The summed E-state index contributed by atoms with van der Waals surface area (Å²) in [6.07, 6.45) is 5.31. The van der Waals surface area contributed by atoms with Crippen molar-refractivity contribution in [2.24, 2.45) is 5.92 Å². The molecule has 0 bridgehead atoms. The summed E-state index contributed by atoms with van der Waals surface area (Å²) in [5.41, 5.74) is 2.16. The first-order valence-electron chi connectivity index (χ1n) is 8.97. The molecular formula is C20H28N2O2S. The largest absolute Gasteiger partial charge is 0.497 e. The third kappa shape index (κ3) is 4.33. The highest BCUT2D eigenvalue weighted by atomic mass is 32.1. The molecule has 1 aliphatic carbocycles. The summed E-state index contributed by atoms with van der Waals surface area (Å²) in [5.74, 6) is 2.48. The topological polar surface area (TPSA) is 34.6 Å². The monoisotopic (exact) mass is 360 g/mol. The Morgan fingerprint density at radius 2 is 1.92 bits per heavy atom. The van der Waals surface area contributed by atoms with E-state index in [0.717, 1.165) is 40.2 Å². The molecule has 5 heteroatoms. The first kappa shape index (κ1) is 18.2. The van der Waals surface area contributed by atoms with Crippen LogP contribution in [0.25, 0.3) is 10.6 Å². The third-order valence-electron chi connectivity index (χ3n) is 5.21. The fraction of sp³-hybridized carbons (Fsp3) is 0.550. The van der Waals surface area contributed by atoms with Crippen LogP contribution in [-0.4, -0.2) is 37.2 Å². The summed E-state index contributed by atoms with van der Waals surface area (Å²) in [4.78, 5) is 7.32. The lowest BCUT2D eigenvalue weighted by molar-refractivity contribution is 0.162. The van der Waals surface area contributed by atoms with Crippen LogP contribution in [0.15, 0.2) is 23.6 Å². The van der Waals surface area contributed by atoms with Crippen LogP contribution in [0.2, 0.25) is 0 Å². The summed E-state index contributed by atoms with van der Waals surface area (Å²) >= 11 is 1.68. The predicted molar refractivity (Wildman–Crippen MR) is 104 cm³/mol. The van der Waals surface area contributed by atoms with E-state index in [9.17, 15) is 0 Å². The van der Waals surface area contributed by atoms with Crippen LogP contribution in [0.4, 0.5) is 0 Å². The van der Waals surface area contributed by atoms with Gasteiger partial charge in [-0.1, -0.05) is 6.92 Å². The molecule has 1 aromatic heterocycles. The lowest BCUT2D eigenvalue weighted by atomic mass is 9.87. The first-order chi connectivity index (χ1) is 12.1. The Balaban J connectivity index is 1.70. The van der Waals surface area contributed by atoms with Crippen molar-refractivity contribution >= 4 is 11.3 Å². The Hall–Kier alpha value is -1.59. The maximum absolute atomic E-state index is 5.51. The number of nitrogens with zero attached hydrogens (tertiary/aromatic N) is 2. The zero-order valence-corrected chi connectivity index (χ0v) is 16.4. The van der Waals surface area contributed by atoms with Gasteiger partial charge >= 0.3 is 0 Å². The van der Waals surface area contributed by atoms with Crippen molar-refractivity contribution in [1.29, 1.82) is 0 Å². The Bertz CT molecular complexity index is 693. The second-order valence-corrected chi connectivity index (χ2v) is 7.90. The predicted octanol–water partition coefficient (Wildman–Crippen LogP) is 4.84. The van der Waals surface area contributed by atoms with Crippen LogP contribution in [0, 0.1) is 5.92 Å². The van der Waals surface area contributed by atoms with E-state index in [0.29, 0.717) is 6.04 Å². The average Bonchev–Trinajstić information content (AvgIpc) is 3.09. The van der Waals surface area contributed by atoms with Crippen LogP contribution in [0.3, 0.4) is 0 Å². The van der Waals surface area contributed by atoms with Gasteiger partial charge in [0.2, 0.25) is 0 Å². The molecule has 1 heterocycles. The zero-order chi connectivity index (χ0) is 17.8. The summed E-state index contributed by atoms with van der Waals surface area (Å²) in [6, 6.07) is 6.57. The van der Waals surface area contributed by atoms with Gasteiger partial charge < -0.3 is 9.47 Å². The molecule has 0 spiro atoms. The van der Waals surface area contributed by atoms with Gasteiger partial charge in [0.25, 0.3) is 0 Å². The van der Waals surface area contributed by atoms with Crippen molar-refractivity contribution in [3.8, 4) is 22.1 Å². The smallest absolute Gasteiger partial charge is 0.132 e. The molecule has 1 aliphatic rings. The summed E-state index contributed by atoms with van der Waals surface area (Å²) in [7, 11) is 5.58. The molecule has 1 aromatic carbocycles. The maximum atomic E-state index is 5.51. The number of benzene rings is 1. The number of thiazole rings is 1. The Kier molecular flexibility index (Phi) is 5.97. The molecule has 3 rings (SSSR count). The van der Waals surface area contributed by atoms with E-state index >= 15 is 0 Å². The Morgan fingerprint density at radius 3 is 2.60 bits per heavy atom. The molecule has 0 aliphatic heterocycles. The van der Waals surface area contributed by atoms with Crippen LogP contribution in [0.5, 0.6) is 11.5 Å². The molecule has 0 N–H and O–H groups in total. The van der Waals surface area contributed by atoms with Gasteiger partial charge in [0.15, 0.2) is 0 Å². The van der Waals surface area contributed by atoms with E-state index < -0.39 is 0 Å². The van der Waals surface area contributed by atoms with Gasteiger partial charge in [0.1, 0.15) is 16.5 Å². The highest BCUT2D eigenvalue weighted by Crippen LogP contribution is 2.35. The molecule has 1 fully saturated rings. The van der Waals surface area contributed by atoms with Gasteiger partial charge in [0.05, 0.1) is 25.5 Å². The molecule has 2 aromatic rings. The molecule has 0 atom stereocenters. The van der Waals surface area contributed by atoms with Gasteiger partial charge in [0, 0.05) is 24.0 Å². The SMILES string of the molecule is COc1ccc(-c2nc(CN(C)C3CCC(C)CC3)cs2)c(OC)c1. The molecular weight excluding hydrogens is 332 g/mol. The molecule has 4 nitrogen and oxygen atoms in total. The minimum Gasteiger partial charge on any atom is -0.497 e. The normalized spacial score (nSPS) is 20.7. The van der Waals surface area contributed by atoms with Gasteiger partial charge in [-0.3, -0.25) is 4.90 Å². The number of hydrogen-bond donors (Lipinski definition) is 0. The van der Waals surface area contributed by atoms with E-state index in [2.05, 4.69) is 24.3 Å². The average molecular weight is 361 g/mol. The molecule has 1 saturated carbocycles. The van der Waals surface area contributed by atoms with Crippen molar-refractivity contribution in [1.82, 2.24) is 9.88 Å². The van der Waals surface area contributed by atoms with Crippen molar-refractivity contribution in [3.63, 3.8) is 0 Å². The minimum atomic E-state index is 0.692. The minimum absolute atomic E-state index is 0.692. The lowest BCUT2D eigenvalue weighted by Crippen LogP contribution is -2.34. The number of hydrogen-bond acceptors (Lipinski definition) is 5. The highest BCUT2D eigenvalue weighted by molar-refractivity contribution is 7.13. The quantitative estimate of drug-likeness (QED) is 0.738. The number of ether oxygens (including phenoxy) is 2. The van der Waals surface area contributed by atoms with Crippen molar-refractivity contribution in [2.45, 2.75) is 45.2 Å². The van der Waals surface area contributed by atoms with E-state index in [-0.39, 0.29) is 0 Å². The fourth-order valence-electron chi connectivity index (χ4n) is 3.55. The fourth-order valence-corrected chi connectivity index (χ4v) is 4.39. The molecule has 136 valence electrons. The standard InChI is InChI=1S/C20H28N2O2S/c1-14-5-7-16(8-6-14)22(2)12-15-13-25-20(21-15)18-10-9-17(23-3)11-19(18)24-4/h9-11,13-14,16H,5-8,12H2,1-4H3. The molecule has 0 saturated heterocycles. The van der Waals surface area contributed by atoms with Crippen LogP contribution >= 0.6 is 11.3 Å². The van der Waals surface area contributed by atoms with Crippen molar-refractivity contribution in [2.75, 3.05) is 21.3 Å². The zero-order valence-electron chi connectivity index (χ0n) is 15.6. The van der Waals surface area contributed by atoms with Gasteiger partial charge in [-0.05, 0) is 50.8 Å². The van der Waals surface area contributed by atoms with E-state index in [1.54, 1.807) is 25.6 Å². The first-order valence-corrected chi connectivity index (χ1v) is 9.85. The lowest BCUT2D eigenvalue weighted by Gasteiger charge is -2.33. The Morgan fingerprint density at radius 1 is 1.16 bits per heavy atom. The molecule has 0 amide bonds. The van der Waals surface area contributed by atoms with Crippen LogP contribution in [-0.2, 0) is 6.54 Å². The molecule has 0 radical (unpaired) electrons. The number of rotatable bonds is 6. The summed E-state index contributed by atoms with van der Waals surface area (Å²) < 4.78 is 10.8. The van der Waals surface area contributed by atoms with Crippen molar-refractivity contribution in [3.05, 3.63) is 29.3 Å². The maximum Gasteiger partial charge on any atom is 0.132 e. The number of aromatic nitrogens is 1. The van der Waals surface area contributed by atoms with E-state index in [1.165, 1.54) is 25.7 Å². The second-order valence-electron chi connectivity index (χ2n) is 7.04. The summed E-state index contributed by atoms with van der Waals surface area (Å²) in [5, 5.41) is 3.17. The van der Waals surface area contributed by atoms with Crippen LogP contribution in [0.1, 0.15) is 38.3 Å². The summed E-state index contributed by atoms with van der Waals surface area (Å²) in [6.45, 7) is 3.28. The highest BCUT2D eigenvalue weighted by Gasteiger charge is 2.22. The van der Waals surface area contributed by atoms with Crippen molar-refractivity contribution < 1.29 is 9.47 Å². The third-order valence-corrected chi connectivity index (χ3v) is 6.14. The van der Waals surface area contributed by atoms with Gasteiger partial charge in [-0.15, -0.1) is 11.3 Å². The number of methoxy groups -OCH3 is 2. The Labute approximate surface area is 154 Å². The van der Waals surface area contributed by atoms with E-state index in [1.807, 2.05) is 18.2 Å². The van der Waals surface area contributed by atoms with Gasteiger partial charge in [-0.25, -0.2) is 4.98 Å². The second kappa shape index (κ2) is 8.19. The molecule has 0 unspecified atom stereocenters. The van der Waals surface area contributed by atoms with E-state index in [4.69, 9.17) is 14.5 Å².